The van der Waals surface area contributed by atoms with Crippen molar-refractivity contribution in [1.82, 2.24) is 10.3 Å². The van der Waals surface area contributed by atoms with Gasteiger partial charge < -0.3 is 10.6 Å². The zero-order valence-electron chi connectivity index (χ0n) is 14.0. The molecule has 0 unspecified atom stereocenters. The Hall–Kier alpha value is -2.58. The summed E-state index contributed by atoms with van der Waals surface area (Å²) >= 11 is 4.72. The Labute approximate surface area is 167 Å². The minimum Gasteiger partial charge on any atom is -0.347 e. The van der Waals surface area contributed by atoms with Gasteiger partial charge in [0.1, 0.15) is 5.82 Å². The lowest BCUT2D eigenvalue weighted by Gasteiger charge is -2.05. The Morgan fingerprint density at radius 1 is 1.11 bits per heavy atom. The molecule has 0 bridgehead atoms. The van der Waals surface area contributed by atoms with Crippen LogP contribution < -0.4 is 10.6 Å². The first-order chi connectivity index (χ1) is 13.0. The van der Waals surface area contributed by atoms with Crippen molar-refractivity contribution >= 4 is 44.2 Å². The van der Waals surface area contributed by atoms with E-state index in [0.717, 1.165) is 15.7 Å². The van der Waals surface area contributed by atoms with Gasteiger partial charge in [-0.15, -0.1) is 11.3 Å². The number of carbonyl (C=O) groups is 2. The molecular weight excluding hydrogens is 433 g/mol. The molecule has 0 aliphatic rings. The second-order valence-electron chi connectivity index (χ2n) is 5.68. The topological polar surface area (TPSA) is 71.1 Å². The molecule has 0 saturated carbocycles. The summed E-state index contributed by atoms with van der Waals surface area (Å²) in [6.07, 6.45) is 0.00925. The van der Waals surface area contributed by atoms with Gasteiger partial charge in [-0.05, 0) is 29.8 Å². The molecule has 0 saturated heterocycles. The summed E-state index contributed by atoms with van der Waals surface area (Å²) in [5.74, 6) is -1.13. The first-order valence-electron chi connectivity index (χ1n) is 8.02. The summed E-state index contributed by atoms with van der Waals surface area (Å²) in [5, 5.41) is 7.47. The van der Waals surface area contributed by atoms with E-state index in [1.54, 1.807) is 6.07 Å². The highest BCUT2D eigenvalue weighted by Gasteiger charge is 2.10. The van der Waals surface area contributed by atoms with Crippen LogP contribution in [0.4, 0.5) is 9.52 Å². The lowest BCUT2D eigenvalue weighted by molar-refractivity contribution is -0.123. The van der Waals surface area contributed by atoms with Gasteiger partial charge in [-0.2, -0.15) is 0 Å². The van der Waals surface area contributed by atoms with E-state index in [9.17, 15) is 14.0 Å². The Morgan fingerprint density at radius 3 is 2.70 bits per heavy atom. The number of aromatic nitrogens is 1. The SMILES string of the molecule is O=C(Cc1cccc(F)c1)NCC(=O)Nc1nc(-c2cccc(Br)c2)cs1. The van der Waals surface area contributed by atoms with E-state index < -0.39 is 5.82 Å². The van der Waals surface area contributed by atoms with Gasteiger partial charge in [0.15, 0.2) is 5.13 Å². The van der Waals surface area contributed by atoms with E-state index >= 15 is 0 Å². The Balaban J connectivity index is 1.50. The molecule has 5 nitrogen and oxygen atoms in total. The molecule has 1 heterocycles. The molecule has 2 N–H and O–H groups in total. The molecule has 1 aromatic heterocycles. The fourth-order valence-electron chi connectivity index (χ4n) is 2.35. The number of halogens is 2. The zero-order chi connectivity index (χ0) is 19.2. The van der Waals surface area contributed by atoms with E-state index in [1.807, 2.05) is 29.6 Å². The summed E-state index contributed by atoms with van der Waals surface area (Å²) in [4.78, 5) is 28.2. The van der Waals surface area contributed by atoms with Crippen molar-refractivity contribution in [2.24, 2.45) is 0 Å². The molecule has 2 aromatic carbocycles. The van der Waals surface area contributed by atoms with Crippen molar-refractivity contribution < 1.29 is 14.0 Å². The molecule has 138 valence electrons. The number of nitrogens with zero attached hydrogens (tertiary/aromatic N) is 1. The summed E-state index contributed by atoms with van der Waals surface area (Å²) < 4.78 is 14.1. The van der Waals surface area contributed by atoms with Crippen LogP contribution in [0, 0.1) is 5.82 Å². The number of rotatable bonds is 6. The van der Waals surface area contributed by atoms with Gasteiger partial charge in [0, 0.05) is 15.4 Å². The number of amides is 2. The number of hydrogen-bond acceptors (Lipinski definition) is 4. The van der Waals surface area contributed by atoms with E-state index in [2.05, 4.69) is 31.5 Å². The molecule has 0 atom stereocenters. The quantitative estimate of drug-likeness (QED) is 0.599. The standard InChI is InChI=1S/C19H15BrFN3O2S/c20-14-5-2-4-13(9-14)16-11-27-19(23-16)24-18(26)10-22-17(25)8-12-3-1-6-15(21)7-12/h1-7,9,11H,8,10H2,(H,22,25)(H,23,24,26). The number of benzene rings is 2. The van der Waals surface area contributed by atoms with Gasteiger partial charge in [0.2, 0.25) is 11.8 Å². The first kappa shape index (κ1) is 19.2. The maximum absolute atomic E-state index is 13.1. The van der Waals surface area contributed by atoms with Crippen LogP contribution in [0.25, 0.3) is 11.3 Å². The third kappa shape index (κ3) is 5.70. The third-order valence-corrected chi connectivity index (χ3v) is 4.82. The molecule has 0 aliphatic carbocycles. The van der Waals surface area contributed by atoms with Crippen molar-refractivity contribution in [1.29, 1.82) is 0 Å². The molecule has 0 aliphatic heterocycles. The van der Waals surface area contributed by atoms with Crippen LogP contribution in [0.2, 0.25) is 0 Å². The highest BCUT2D eigenvalue weighted by Crippen LogP contribution is 2.26. The van der Waals surface area contributed by atoms with Crippen molar-refractivity contribution in [3.05, 3.63) is 69.8 Å². The van der Waals surface area contributed by atoms with Crippen LogP contribution in [0.3, 0.4) is 0 Å². The minimum atomic E-state index is -0.400. The predicted octanol–water partition coefficient (Wildman–Crippen LogP) is 4.01. The molecule has 3 aromatic rings. The smallest absolute Gasteiger partial charge is 0.245 e. The van der Waals surface area contributed by atoms with Gasteiger partial charge in [-0.3, -0.25) is 9.59 Å². The van der Waals surface area contributed by atoms with Gasteiger partial charge in [-0.25, -0.2) is 9.37 Å². The number of nitrogens with one attached hydrogen (secondary N) is 2. The van der Waals surface area contributed by atoms with Crippen molar-refractivity contribution in [3.8, 4) is 11.3 Å². The number of hydrogen-bond donors (Lipinski definition) is 2. The van der Waals surface area contributed by atoms with Crippen molar-refractivity contribution in [3.63, 3.8) is 0 Å². The highest BCUT2D eigenvalue weighted by molar-refractivity contribution is 9.10. The second kappa shape index (κ2) is 8.88. The van der Waals surface area contributed by atoms with Crippen LogP contribution in [0.5, 0.6) is 0 Å². The average molecular weight is 448 g/mol. The van der Waals surface area contributed by atoms with E-state index in [4.69, 9.17) is 0 Å². The molecule has 0 spiro atoms. The number of thiazole rings is 1. The minimum absolute atomic E-state index is 0.00925. The second-order valence-corrected chi connectivity index (χ2v) is 7.45. The number of carbonyl (C=O) groups excluding carboxylic acids is 2. The maximum atomic E-state index is 13.1. The lowest BCUT2D eigenvalue weighted by Crippen LogP contribution is -2.33. The third-order valence-electron chi connectivity index (χ3n) is 3.57. The van der Waals surface area contributed by atoms with Crippen LogP contribution in [0.15, 0.2) is 58.4 Å². The van der Waals surface area contributed by atoms with Crippen LogP contribution in [0.1, 0.15) is 5.56 Å². The molecule has 27 heavy (non-hydrogen) atoms. The fraction of sp³-hybridized carbons (Fsp3) is 0.105. The normalized spacial score (nSPS) is 10.4. The van der Waals surface area contributed by atoms with Gasteiger partial charge in [-0.1, -0.05) is 40.2 Å². The van der Waals surface area contributed by atoms with Crippen molar-refractivity contribution in [2.75, 3.05) is 11.9 Å². The van der Waals surface area contributed by atoms with Gasteiger partial charge >= 0.3 is 0 Å². The Morgan fingerprint density at radius 2 is 1.93 bits per heavy atom. The molecule has 3 rings (SSSR count). The fourth-order valence-corrected chi connectivity index (χ4v) is 3.48. The maximum Gasteiger partial charge on any atom is 0.245 e. The highest BCUT2D eigenvalue weighted by atomic mass is 79.9. The van der Waals surface area contributed by atoms with Crippen LogP contribution in [-0.4, -0.2) is 23.3 Å². The molecular formula is C19H15BrFN3O2S. The van der Waals surface area contributed by atoms with Crippen LogP contribution in [-0.2, 0) is 16.0 Å². The summed E-state index contributed by atoms with van der Waals surface area (Å²) in [7, 11) is 0. The Bertz CT molecular complexity index is 977. The summed E-state index contributed by atoms with van der Waals surface area (Å²) in [6, 6.07) is 13.5. The van der Waals surface area contributed by atoms with E-state index in [0.29, 0.717) is 10.7 Å². The molecule has 0 fully saturated rings. The largest absolute Gasteiger partial charge is 0.347 e. The van der Waals surface area contributed by atoms with Gasteiger partial charge in [0.25, 0.3) is 0 Å². The molecule has 8 heteroatoms. The predicted molar refractivity (Wildman–Crippen MR) is 107 cm³/mol. The van der Waals surface area contributed by atoms with E-state index in [1.165, 1.54) is 29.5 Å². The summed E-state index contributed by atoms with van der Waals surface area (Å²) in [5.41, 5.74) is 2.24. The summed E-state index contributed by atoms with van der Waals surface area (Å²) in [6.45, 7) is -0.181. The molecule has 0 radical (unpaired) electrons. The average Bonchev–Trinajstić information content (AvgIpc) is 3.08. The lowest BCUT2D eigenvalue weighted by atomic mass is 10.1. The van der Waals surface area contributed by atoms with E-state index in [-0.39, 0.29) is 24.8 Å². The molecule has 2 amide bonds. The van der Waals surface area contributed by atoms with Crippen molar-refractivity contribution in [2.45, 2.75) is 6.42 Å². The zero-order valence-corrected chi connectivity index (χ0v) is 16.4. The van der Waals surface area contributed by atoms with Gasteiger partial charge in [0.05, 0.1) is 18.7 Å². The Kier molecular flexibility index (Phi) is 6.31. The van der Waals surface area contributed by atoms with Crippen LogP contribution >= 0.6 is 27.3 Å². The first-order valence-corrected chi connectivity index (χ1v) is 9.69. The number of anilines is 1. The monoisotopic (exact) mass is 447 g/mol.